The summed E-state index contributed by atoms with van der Waals surface area (Å²) in [6.07, 6.45) is 0.946. The number of benzene rings is 2. The highest BCUT2D eigenvalue weighted by atomic mass is 32.2. The zero-order valence-electron chi connectivity index (χ0n) is 11.8. The lowest BCUT2D eigenvalue weighted by atomic mass is 10.1. The molecule has 2 rings (SSSR count). The maximum Gasteiger partial charge on any atom is 0.335 e. The van der Waals surface area contributed by atoms with Gasteiger partial charge in [-0.25, -0.2) is 17.6 Å². The molecule has 2 aromatic carbocycles. The number of hydrogen-bond acceptors (Lipinski definition) is 4. The lowest BCUT2D eigenvalue weighted by Crippen LogP contribution is -2.06. The first-order valence-corrected chi connectivity index (χ1v) is 8.09. The Hall–Kier alpha value is -2.41. The molecule has 0 aliphatic carbocycles. The Bertz CT molecular complexity index is 843. The third kappa shape index (κ3) is 3.43. The molecule has 0 heterocycles. The monoisotopic (exact) mass is 324 g/mol. The number of carbonyl (C=O) groups is 1. The molecule has 22 heavy (non-hydrogen) atoms. The van der Waals surface area contributed by atoms with Crippen molar-refractivity contribution in [2.24, 2.45) is 0 Å². The van der Waals surface area contributed by atoms with Crippen molar-refractivity contribution in [1.82, 2.24) is 0 Å². The average Bonchev–Trinajstić information content (AvgIpc) is 2.36. The van der Waals surface area contributed by atoms with Gasteiger partial charge >= 0.3 is 5.97 Å². The molecule has 0 saturated heterocycles. The highest BCUT2D eigenvalue weighted by Crippen LogP contribution is 2.32. The van der Waals surface area contributed by atoms with Crippen LogP contribution in [-0.4, -0.2) is 25.7 Å². The summed E-state index contributed by atoms with van der Waals surface area (Å²) in [4.78, 5) is 10.9. The minimum absolute atomic E-state index is 0.0457. The van der Waals surface area contributed by atoms with E-state index in [1.807, 2.05) is 0 Å². The normalized spacial score (nSPS) is 11.2. The molecule has 5 nitrogen and oxygen atoms in total. The molecule has 0 saturated carbocycles. The maximum absolute atomic E-state index is 13.2. The van der Waals surface area contributed by atoms with Crippen LogP contribution in [0.15, 0.2) is 41.3 Å². The molecule has 2 aromatic rings. The Morgan fingerprint density at radius 1 is 1.23 bits per heavy atom. The number of aromatic carboxylic acids is 1. The number of carboxylic acid groups (broad SMARTS) is 1. The van der Waals surface area contributed by atoms with Crippen molar-refractivity contribution in [3.63, 3.8) is 0 Å². The Kier molecular flexibility index (Phi) is 4.18. The SMILES string of the molecule is Cc1cc(Oc2cccc(F)c2)c(S(C)(=O)=O)cc1C(=O)O. The first kappa shape index (κ1) is 16.0. The molecule has 0 amide bonds. The summed E-state index contributed by atoms with van der Waals surface area (Å²) >= 11 is 0. The van der Waals surface area contributed by atoms with Crippen LogP contribution in [0.1, 0.15) is 15.9 Å². The average molecular weight is 324 g/mol. The summed E-state index contributed by atoms with van der Waals surface area (Å²) in [5.74, 6) is -1.69. The Morgan fingerprint density at radius 3 is 2.45 bits per heavy atom. The molecule has 116 valence electrons. The molecule has 0 aliphatic heterocycles. The Labute approximate surface area is 126 Å². The molecule has 1 N–H and O–H groups in total. The number of sulfone groups is 1. The van der Waals surface area contributed by atoms with Crippen molar-refractivity contribution in [1.29, 1.82) is 0 Å². The molecular formula is C15H13FO5S. The van der Waals surface area contributed by atoms with E-state index in [-0.39, 0.29) is 22.0 Å². The molecule has 0 unspecified atom stereocenters. The number of ether oxygens (including phenoxy) is 1. The number of carboxylic acids is 1. The van der Waals surface area contributed by atoms with Crippen LogP contribution in [0.5, 0.6) is 11.5 Å². The molecule has 0 spiro atoms. The molecule has 0 aromatic heterocycles. The van der Waals surface area contributed by atoms with Gasteiger partial charge in [0, 0.05) is 12.3 Å². The van der Waals surface area contributed by atoms with Crippen molar-refractivity contribution in [2.75, 3.05) is 6.26 Å². The van der Waals surface area contributed by atoms with Gasteiger partial charge in [0.1, 0.15) is 22.2 Å². The highest BCUT2D eigenvalue weighted by Gasteiger charge is 2.20. The van der Waals surface area contributed by atoms with Crippen LogP contribution in [0.2, 0.25) is 0 Å². The predicted molar refractivity (Wildman–Crippen MR) is 77.7 cm³/mol. The van der Waals surface area contributed by atoms with Gasteiger partial charge in [-0.1, -0.05) is 6.07 Å². The van der Waals surface area contributed by atoms with E-state index in [0.29, 0.717) is 5.56 Å². The Balaban J connectivity index is 2.59. The smallest absolute Gasteiger partial charge is 0.335 e. The van der Waals surface area contributed by atoms with Crippen LogP contribution < -0.4 is 4.74 Å². The zero-order chi connectivity index (χ0) is 16.5. The molecule has 7 heteroatoms. The van der Waals surface area contributed by atoms with Gasteiger partial charge in [0.05, 0.1) is 5.56 Å². The standard InChI is InChI=1S/C15H13FO5S/c1-9-6-13(21-11-5-3-4-10(16)7-11)14(22(2,19)20)8-12(9)15(17)18/h3-8H,1-2H3,(H,17,18). The van der Waals surface area contributed by atoms with Gasteiger partial charge in [-0.05, 0) is 36.8 Å². The predicted octanol–water partition coefficient (Wildman–Crippen LogP) is 3.03. The topological polar surface area (TPSA) is 80.7 Å². The summed E-state index contributed by atoms with van der Waals surface area (Å²) in [7, 11) is -3.72. The van der Waals surface area contributed by atoms with Crippen LogP contribution in [-0.2, 0) is 9.84 Å². The van der Waals surface area contributed by atoms with Crippen molar-refractivity contribution < 1.29 is 27.4 Å². The lowest BCUT2D eigenvalue weighted by Gasteiger charge is -2.13. The number of rotatable bonds is 4. The second-order valence-corrected chi connectivity index (χ2v) is 6.73. The third-order valence-electron chi connectivity index (χ3n) is 2.94. The van der Waals surface area contributed by atoms with Gasteiger partial charge in [0.2, 0.25) is 0 Å². The minimum atomic E-state index is -3.72. The lowest BCUT2D eigenvalue weighted by molar-refractivity contribution is 0.0696. The van der Waals surface area contributed by atoms with Gasteiger partial charge < -0.3 is 9.84 Å². The van der Waals surface area contributed by atoms with Crippen molar-refractivity contribution >= 4 is 15.8 Å². The van der Waals surface area contributed by atoms with E-state index in [0.717, 1.165) is 18.4 Å². The number of aryl methyl sites for hydroxylation is 1. The fraction of sp³-hybridized carbons (Fsp3) is 0.133. The van der Waals surface area contributed by atoms with Gasteiger partial charge in [-0.3, -0.25) is 0 Å². The molecular weight excluding hydrogens is 311 g/mol. The summed E-state index contributed by atoms with van der Waals surface area (Å²) < 4.78 is 42.3. The van der Waals surface area contributed by atoms with Gasteiger partial charge in [0.15, 0.2) is 9.84 Å². The van der Waals surface area contributed by atoms with Gasteiger partial charge in [-0.15, -0.1) is 0 Å². The quantitative estimate of drug-likeness (QED) is 0.935. The van der Waals surface area contributed by atoms with E-state index in [9.17, 15) is 17.6 Å². The van der Waals surface area contributed by atoms with E-state index in [2.05, 4.69) is 0 Å². The van der Waals surface area contributed by atoms with Crippen molar-refractivity contribution in [3.05, 3.63) is 53.3 Å². The number of halogens is 1. The third-order valence-corrected chi connectivity index (χ3v) is 4.06. The molecule has 0 atom stereocenters. The highest BCUT2D eigenvalue weighted by molar-refractivity contribution is 7.90. The van der Waals surface area contributed by atoms with Crippen molar-refractivity contribution in [2.45, 2.75) is 11.8 Å². The summed E-state index contributed by atoms with van der Waals surface area (Å²) in [5, 5.41) is 9.09. The van der Waals surface area contributed by atoms with Gasteiger partial charge in [-0.2, -0.15) is 0 Å². The van der Waals surface area contributed by atoms with Crippen molar-refractivity contribution in [3.8, 4) is 11.5 Å². The van der Waals surface area contributed by atoms with Crippen LogP contribution in [0.4, 0.5) is 4.39 Å². The van der Waals surface area contributed by atoms with Gasteiger partial charge in [0.25, 0.3) is 0 Å². The molecule has 0 aliphatic rings. The fourth-order valence-electron chi connectivity index (χ4n) is 1.92. The van der Waals surface area contributed by atoms with Crippen LogP contribution in [0.25, 0.3) is 0 Å². The van der Waals surface area contributed by atoms with Crippen LogP contribution >= 0.6 is 0 Å². The summed E-state index contributed by atoms with van der Waals surface area (Å²) in [6, 6.07) is 7.57. The zero-order valence-corrected chi connectivity index (χ0v) is 12.6. The summed E-state index contributed by atoms with van der Waals surface area (Å²) in [6.45, 7) is 1.52. The fourth-order valence-corrected chi connectivity index (χ4v) is 2.72. The molecule has 0 radical (unpaired) electrons. The first-order chi connectivity index (χ1) is 10.2. The second kappa shape index (κ2) is 5.76. The maximum atomic E-state index is 13.2. The second-order valence-electron chi connectivity index (χ2n) is 4.75. The van der Waals surface area contributed by atoms with E-state index in [1.54, 1.807) is 0 Å². The van der Waals surface area contributed by atoms with E-state index in [1.165, 1.54) is 31.2 Å². The number of hydrogen-bond donors (Lipinski definition) is 1. The van der Waals surface area contributed by atoms with Crippen LogP contribution in [0, 0.1) is 12.7 Å². The molecule has 0 fully saturated rings. The van der Waals surface area contributed by atoms with Crippen LogP contribution in [0.3, 0.4) is 0 Å². The van der Waals surface area contributed by atoms with E-state index in [4.69, 9.17) is 9.84 Å². The van der Waals surface area contributed by atoms with E-state index >= 15 is 0 Å². The first-order valence-electron chi connectivity index (χ1n) is 6.20. The largest absolute Gasteiger partial charge is 0.478 e. The summed E-state index contributed by atoms with van der Waals surface area (Å²) in [5.41, 5.74) is 0.207. The molecule has 0 bridgehead atoms. The Morgan fingerprint density at radius 2 is 1.91 bits per heavy atom. The minimum Gasteiger partial charge on any atom is -0.478 e. The van der Waals surface area contributed by atoms with E-state index < -0.39 is 21.6 Å².